The van der Waals surface area contributed by atoms with Gasteiger partial charge in [-0.3, -0.25) is 0 Å². The van der Waals surface area contributed by atoms with Crippen molar-refractivity contribution in [1.29, 1.82) is 0 Å². The van der Waals surface area contributed by atoms with Gasteiger partial charge in [0, 0.05) is 25.9 Å². The van der Waals surface area contributed by atoms with Crippen LogP contribution >= 0.6 is 0 Å². The minimum atomic E-state index is 1.03. The van der Waals surface area contributed by atoms with Crippen molar-refractivity contribution in [2.45, 2.75) is 51.4 Å². The second-order valence-electron chi connectivity index (χ2n) is 3.95. The summed E-state index contributed by atoms with van der Waals surface area (Å²) in [6.45, 7) is 2.06. The van der Waals surface area contributed by atoms with E-state index in [0.717, 1.165) is 25.9 Å². The Kier molecular flexibility index (Phi) is 8.32. The molecule has 0 aromatic heterocycles. The Balaban J connectivity index is 2.10. The van der Waals surface area contributed by atoms with E-state index in [-0.39, 0.29) is 0 Å². The van der Waals surface area contributed by atoms with E-state index in [9.17, 15) is 0 Å². The first-order valence-electron chi connectivity index (χ1n) is 6.16. The molecule has 3 nitrogen and oxygen atoms in total. The third kappa shape index (κ3) is 8.44. The molecular weight excluding hydrogens is 186 g/mol. The molecule has 0 aromatic rings. The smallest absolute Gasteiger partial charge is 0.0113 e. The number of rotatable bonds is 0. The molecule has 0 spiro atoms. The predicted octanol–water partition coefficient (Wildman–Crippen LogP) is 1.72. The number of hydrogen-bond donors (Lipinski definition) is 3. The maximum Gasteiger partial charge on any atom is 0.0113 e. The first kappa shape index (κ1) is 12.5. The maximum absolute atomic E-state index is 3.25. The van der Waals surface area contributed by atoms with Crippen molar-refractivity contribution in [3.8, 4) is 11.8 Å². The molecule has 86 valence electrons. The van der Waals surface area contributed by atoms with Gasteiger partial charge in [-0.2, -0.15) is 5.53 Å². The van der Waals surface area contributed by atoms with E-state index in [1.807, 2.05) is 0 Å². The van der Waals surface area contributed by atoms with E-state index in [1.54, 1.807) is 0 Å². The second kappa shape index (κ2) is 9.97. The van der Waals surface area contributed by atoms with Crippen LogP contribution in [0.15, 0.2) is 0 Å². The number of hydrogen-bond acceptors (Lipinski definition) is 3. The van der Waals surface area contributed by atoms with Gasteiger partial charge in [0.2, 0.25) is 0 Å². The van der Waals surface area contributed by atoms with Gasteiger partial charge in [0.15, 0.2) is 0 Å². The molecule has 0 saturated heterocycles. The fourth-order valence-electron chi connectivity index (χ4n) is 1.57. The maximum atomic E-state index is 3.25. The van der Waals surface area contributed by atoms with Crippen molar-refractivity contribution in [2.75, 3.05) is 13.1 Å². The first-order valence-corrected chi connectivity index (χ1v) is 6.16. The number of hydrazine groups is 2. The Morgan fingerprint density at radius 2 is 1.13 bits per heavy atom. The summed E-state index contributed by atoms with van der Waals surface area (Å²) >= 11 is 0. The van der Waals surface area contributed by atoms with Gasteiger partial charge in [-0.1, -0.05) is 12.8 Å². The molecule has 0 aromatic carbocycles. The molecule has 0 saturated carbocycles. The van der Waals surface area contributed by atoms with Gasteiger partial charge < -0.3 is 0 Å². The average molecular weight is 209 g/mol. The van der Waals surface area contributed by atoms with Crippen molar-refractivity contribution >= 4 is 0 Å². The van der Waals surface area contributed by atoms with Crippen molar-refractivity contribution in [1.82, 2.24) is 16.4 Å². The summed E-state index contributed by atoms with van der Waals surface area (Å²) in [5, 5.41) is 0. The highest BCUT2D eigenvalue weighted by Crippen LogP contribution is 2.00. The highest BCUT2D eigenvalue weighted by Gasteiger charge is 1.91. The Labute approximate surface area is 93.3 Å². The summed E-state index contributed by atoms with van der Waals surface area (Å²) < 4.78 is 0. The van der Waals surface area contributed by atoms with Crippen LogP contribution in [0.5, 0.6) is 0 Å². The van der Waals surface area contributed by atoms with E-state index in [0.29, 0.717) is 0 Å². The first-order chi connectivity index (χ1) is 7.50. The van der Waals surface area contributed by atoms with Gasteiger partial charge >= 0.3 is 0 Å². The third-order valence-electron chi connectivity index (χ3n) is 2.51. The standard InChI is InChI=1S/C12H23N3/c1-2-4-6-8-10-12-14-15-13-11-9-7-5-3-1/h13-15H,3-12H2. The summed E-state index contributed by atoms with van der Waals surface area (Å²) in [5.41, 5.74) is 9.34. The molecule has 1 aliphatic rings. The molecule has 1 rings (SSSR count). The molecule has 15 heavy (non-hydrogen) atoms. The van der Waals surface area contributed by atoms with Crippen LogP contribution in [-0.2, 0) is 0 Å². The number of nitrogens with one attached hydrogen (secondary N) is 3. The largest absolute Gasteiger partial charge is 0.244 e. The highest BCUT2D eigenvalue weighted by molar-refractivity contribution is 4.98. The van der Waals surface area contributed by atoms with Gasteiger partial charge in [-0.15, -0.1) is 11.8 Å². The summed E-state index contributed by atoms with van der Waals surface area (Å²) in [4.78, 5) is 0. The van der Waals surface area contributed by atoms with Crippen molar-refractivity contribution in [3.63, 3.8) is 0 Å². The second-order valence-corrected chi connectivity index (χ2v) is 3.95. The highest BCUT2D eigenvalue weighted by atomic mass is 15.6. The van der Waals surface area contributed by atoms with E-state index in [4.69, 9.17) is 0 Å². The van der Waals surface area contributed by atoms with Crippen LogP contribution in [0, 0.1) is 11.8 Å². The van der Waals surface area contributed by atoms with Crippen molar-refractivity contribution in [3.05, 3.63) is 0 Å². The molecule has 3 N–H and O–H groups in total. The summed E-state index contributed by atoms with van der Waals surface area (Å²) in [6, 6.07) is 0. The zero-order chi connectivity index (χ0) is 10.6. The van der Waals surface area contributed by atoms with Gasteiger partial charge in [0.1, 0.15) is 0 Å². The molecule has 0 unspecified atom stereocenters. The van der Waals surface area contributed by atoms with Crippen LogP contribution < -0.4 is 16.4 Å². The van der Waals surface area contributed by atoms with E-state index in [2.05, 4.69) is 28.2 Å². The predicted molar refractivity (Wildman–Crippen MR) is 63.9 cm³/mol. The SMILES string of the molecule is C1#CCCCCCNNNCCCCC1. The molecule has 0 aliphatic carbocycles. The topological polar surface area (TPSA) is 36.1 Å². The molecule has 1 aliphatic heterocycles. The molecule has 0 radical (unpaired) electrons. The van der Waals surface area contributed by atoms with Crippen LogP contribution in [-0.4, -0.2) is 13.1 Å². The molecule has 1 heterocycles. The van der Waals surface area contributed by atoms with Gasteiger partial charge in [0.25, 0.3) is 0 Å². The minimum Gasteiger partial charge on any atom is -0.244 e. The van der Waals surface area contributed by atoms with Crippen LogP contribution in [0.25, 0.3) is 0 Å². The summed E-state index contributed by atoms with van der Waals surface area (Å²) in [7, 11) is 0. The van der Waals surface area contributed by atoms with Crippen LogP contribution in [0.3, 0.4) is 0 Å². The van der Waals surface area contributed by atoms with Crippen LogP contribution in [0.1, 0.15) is 51.4 Å². The van der Waals surface area contributed by atoms with E-state index in [1.165, 1.54) is 38.5 Å². The minimum absolute atomic E-state index is 1.03. The molecular formula is C12H23N3. The average Bonchev–Trinajstić information content (AvgIpc) is 2.27. The van der Waals surface area contributed by atoms with Crippen LogP contribution in [0.4, 0.5) is 0 Å². The molecule has 0 fully saturated rings. The van der Waals surface area contributed by atoms with Crippen molar-refractivity contribution in [2.24, 2.45) is 0 Å². The summed E-state index contributed by atoms with van der Waals surface area (Å²) in [5.74, 6) is 6.51. The van der Waals surface area contributed by atoms with Gasteiger partial charge in [-0.25, -0.2) is 10.9 Å². The normalized spacial score (nSPS) is 21.9. The Morgan fingerprint density at radius 1 is 0.600 bits per heavy atom. The van der Waals surface area contributed by atoms with E-state index >= 15 is 0 Å². The third-order valence-corrected chi connectivity index (χ3v) is 2.51. The quantitative estimate of drug-likeness (QED) is 0.532. The lowest BCUT2D eigenvalue weighted by molar-refractivity contribution is 0.417. The molecule has 0 bridgehead atoms. The lowest BCUT2D eigenvalue weighted by Crippen LogP contribution is -2.44. The monoisotopic (exact) mass is 209 g/mol. The van der Waals surface area contributed by atoms with Crippen LogP contribution in [0.2, 0.25) is 0 Å². The molecule has 0 amide bonds. The Morgan fingerprint density at radius 3 is 1.67 bits per heavy atom. The summed E-state index contributed by atoms with van der Waals surface area (Å²) in [6.07, 6.45) is 9.60. The van der Waals surface area contributed by atoms with E-state index < -0.39 is 0 Å². The lowest BCUT2D eigenvalue weighted by atomic mass is 10.1. The van der Waals surface area contributed by atoms with Gasteiger partial charge in [-0.05, 0) is 25.7 Å². The fourth-order valence-corrected chi connectivity index (χ4v) is 1.57. The van der Waals surface area contributed by atoms with Gasteiger partial charge in [0.05, 0.1) is 0 Å². The lowest BCUT2D eigenvalue weighted by Gasteiger charge is -2.07. The molecule has 3 heteroatoms. The molecule has 0 atom stereocenters. The fraction of sp³-hybridized carbons (Fsp3) is 0.833. The zero-order valence-corrected chi connectivity index (χ0v) is 9.57. The van der Waals surface area contributed by atoms with Crippen molar-refractivity contribution < 1.29 is 0 Å². The Bertz CT molecular complexity index is 175. The zero-order valence-electron chi connectivity index (χ0n) is 9.57. The Hall–Kier alpha value is -0.560.